The molecular weight excluding hydrogens is 218 g/mol. The molecule has 0 aromatic carbocycles. The van der Waals surface area contributed by atoms with E-state index in [4.69, 9.17) is 0 Å². The van der Waals surface area contributed by atoms with Gasteiger partial charge in [-0.2, -0.15) is 11.8 Å². The maximum absolute atomic E-state index is 4.46. The van der Waals surface area contributed by atoms with Crippen LogP contribution in [0.2, 0.25) is 0 Å². The second kappa shape index (κ2) is 5.55. The minimum absolute atomic E-state index is 0.655. The van der Waals surface area contributed by atoms with Crippen LogP contribution in [0, 0.1) is 0 Å². The zero-order chi connectivity index (χ0) is 11.4. The number of nitrogens with zero attached hydrogens (tertiary/aromatic N) is 2. The van der Waals surface area contributed by atoms with Crippen molar-refractivity contribution in [2.75, 3.05) is 30.5 Å². The highest BCUT2D eigenvalue weighted by atomic mass is 32.2. The van der Waals surface area contributed by atoms with Gasteiger partial charge in [0.05, 0.1) is 0 Å². The molecule has 2 rings (SSSR count). The smallest absolute Gasteiger partial charge is 0.128 e. The molecule has 1 saturated heterocycles. The van der Waals surface area contributed by atoms with Gasteiger partial charge in [0.15, 0.2) is 0 Å². The molecule has 0 saturated carbocycles. The van der Waals surface area contributed by atoms with Crippen LogP contribution in [0.5, 0.6) is 0 Å². The quantitative estimate of drug-likeness (QED) is 0.863. The fourth-order valence-electron chi connectivity index (χ4n) is 1.98. The molecule has 1 aliphatic heterocycles. The summed E-state index contributed by atoms with van der Waals surface area (Å²) in [7, 11) is 4.12. The lowest BCUT2D eigenvalue weighted by Gasteiger charge is -2.25. The Hall–Kier alpha value is -0.740. The van der Waals surface area contributed by atoms with Gasteiger partial charge in [-0.05, 0) is 36.9 Å². The highest BCUT2D eigenvalue weighted by Gasteiger charge is 2.20. The molecule has 1 atom stereocenters. The van der Waals surface area contributed by atoms with Gasteiger partial charge in [0.25, 0.3) is 0 Å². The first kappa shape index (κ1) is 11.7. The number of anilines is 1. The Morgan fingerprint density at radius 1 is 1.62 bits per heavy atom. The standard InChI is InChI=1S/C12H19N3S/c1-13-8-10-3-5-14-12(7-10)15(2)11-4-6-16-9-11/h3,5,7,11,13H,4,6,8-9H2,1-2H3. The summed E-state index contributed by atoms with van der Waals surface area (Å²) >= 11 is 2.04. The topological polar surface area (TPSA) is 28.2 Å². The average Bonchev–Trinajstić information content (AvgIpc) is 2.82. The fraction of sp³-hybridized carbons (Fsp3) is 0.583. The third kappa shape index (κ3) is 2.68. The predicted octanol–water partition coefficient (Wildman–Crippen LogP) is 1.74. The summed E-state index contributed by atoms with van der Waals surface area (Å²) in [6.45, 7) is 0.906. The van der Waals surface area contributed by atoms with Crippen LogP contribution in [0.3, 0.4) is 0 Å². The van der Waals surface area contributed by atoms with E-state index in [9.17, 15) is 0 Å². The molecule has 0 radical (unpaired) electrons. The van der Waals surface area contributed by atoms with Crippen molar-refractivity contribution in [2.24, 2.45) is 0 Å². The number of aromatic nitrogens is 1. The van der Waals surface area contributed by atoms with E-state index in [0.717, 1.165) is 12.4 Å². The molecule has 1 fully saturated rings. The van der Waals surface area contributed by atoms with Crippen molar-refractivity contribution in [2.45, 2.75) is 19.0 Å². The van der Waals surface area contributed by atoms with Crippen molar-refractivity contribution in [3.05, 3.63) is 23.9 Å². The molecule has 1 aromatic rings. The summed E-state index contributed by atoms with van der Waals surface area (Å²) < 4.78 is 0. The highest BCUT2D eigenvalue weighted by molar-refractivity contribution is 7.99. The van der Waals surface area contributed by atoms with Crippen LogP contribution in [0.15, 0.2) is 18.3 Å². The van der Waals surface area contributed by atoms with Crippen molar-refractivity contribution in [3.63, 3.8) is 0 Å². The summed E-state index contributed by atoms with van der Waals surface area (Å²) in [6.07, 6.45) is 3.18. The van der Waals surface area contributed by atoms with E-state index >= 15 is 0 Å². The Bertz CT molecular complexity index is 337. The molecule has 1 unspecified atom stereocenters. The minimum atomic E-state index is 0.655. The summed E-state index contributed by atoms with van der Waals surface area (Å²) in [4.78, 5) is 6.77. The molecule has 16 heavy (non-hydrogen) atoms. The largest absolute Gasteiger partial charge is 0.356 e. The Morgan fingerprint density at radius 3 is 3.19 bits per heavy atom. The molecule has 0 bridgehead atoms. The Kier molecular flexibility index (Phi) is 4.07. The van der Waals surface area contributed by atoms with E-state index in [-0.39, 0.29) is 0 Å². The lowest BCUT2D eigenvalue weighted by atomic mass is 10.2. The maximum atomic E-state index is 4.46. The molecular formula is C12H19N3S. The van der Waals surface area contributed by atoms with Crippen LogP contribution in [0.25, 0.3) is 0 Å². The maximum Gasteiger partial charge on any atom is 0.128 e. The van der Waals surface area contributed by atoms with Crippen LogP contribution >= 0.6 is 11.8 Å². The van der Waals surface area contributed by atoms with Gasteiger partial charge in [0.1, 0.15) is 5.82 Å². The second-order valence-corrected chi connectivity index (χ2v) is 5.33. The lowest BCUT2D eigenvalue weighted by molar-refractivity contribution is 0.690. The molecule has 1 aliphatic rings. The van der Waals surface area contributed by atoms with Gasteiger partial charge in [-0.15, -0.1) is 0 Å². The minimum Gasteiger partial charge on any atom is -0.356 e. The molecule has 0 spiro atoms. The molecule has 1 aromatic heterocycles. The van der Waals surface area contributed by atoms with Crippen molar-refractivity contribution >= 4 is 17.6 Å². The number of rotatable bonds is 4. The zero-order valence-electron chi connectivity index (χ0n) is 9.94. The van der Waals surface area contributed by atoms with Gasteiger partial charge in [-0.25, -0.2) is 4.98 Å². The van der Waals surface area contributed by atoms with Gasteiger partial charge in [-0.1, -0.05) is 0 Å². The molecule has 0 amide bonds. The van der Waals surface area contributed by atoms with E-state index < -0.39 is 0 Å². The average molecular weight is 237 g/mol. The predicted molar refractivity (Wildman–Crippen MR) is 71.1 cm³/mol. The Balaban J connectivity index is 2.09. The van der Waals surface area contributed by atoms with E-state index in [1.165, 1.54) is 23.5 Å². The molecule has 2 heterocycles. The highest BCUT2D eigenvalue weighted by Crippen LogP contribution is 2.24. The monoisotopic (exact) mass is 237 g/mol. The van der Waals surface area contributed by atoms with E-state index in [0.29, 0.717) is 6.04 Å². The van der Waals surface area contributed by atoms with Crippen molar-refractivity contribution in [1.29, 1.82) is 0 Å². The molecule has 3 nitrogen and oxygen atoms in total. The summed E-state index contributed by atoms with van der Waals surface area (Å²) in [5.74, 6) is 3.61. The van der Waals surface area contributed by atoms with Crippen LogP contribution in [-0.2, 0) is 6.54 Å². The molecule has 0 aliphatic carbocycles. The molecule has 88 valence electrons. The normalized spacial score (nSPS) is 20.0. The number of pyridine rings is 1. The van der Waals surface area contributed by atoms with Crippen molar-refractivity contribution in [3.8, 4) is 0 Å². The second-order valence-electron chi connectivity index (χ2n) is 4.18. The number of nitrogens with one attached hydrogen (secondary N) is 1. The van der Waals surface area contributed by atoms with Gasteiger partial charge >= 0.3 is 0 Å². The van der Waals surface area contributed by atoms with Crippen molar-refractivity contribution in [1.82, 2.24) is 10.3 Å². The van der Waals surface area contributed by atoms with Gasteiger partial charge in [-0.3, -0.25) is 0 Å². The summed E-state index contributed by atoms with van der Waals surface area (Å²) in [6, 6.07) is 4.90. The number of hydrogen-bond donors (Lipinski definition) is 1. The third-order valence-electron chi connectivity index (χ3n) is 3.01. The van der Waals surface area contributed by atoms with Crippen LogP contribution < -0.4 is 10.2 Å². The molecule has 1 N–H and O–H groups in total. The Labute approximate surface area is 102 Å². The van der Waals surface area contributed by atoms with Gasteiger partial charge in [0, 0.05) is 31.6 Å². The summed E-state index contributed by atoms with van der Waals surface area (Å²) in [5.41, 5.74) is 1.30. The number of thioether (sulfide) groups is 1. The SMILES string of the molecule is CNCc1ccnc(N(C)C2CCSC2)c1. The fourth-order valence-corrected chi connectivity index (χ4v) is 3.25. The van der Waals surface area contributed by atoms with E-state index in [1.54, 1.807) is 0 Å². The number of hydrogen-bond acceptors (Lipinski definition) is 4. The lowest BCUT2D eigenvalue weighted by Crippen LogP contribution is -2.32. The van der Waals surface area contributed by atoms with Crippen molar-refractivity contribution < 1.29 is 0 Å². The first-order chi connectivity index (χ1) is 7.81. The van der Waals surface area contributed by atoms with Gasteiger partial charge < -0.3 is 10.2 Å². The first-order valence-corrected chi connectivity index (χ1v) is 6.87. The van der Waals surface area contributed by atoms with Gasteiger partial charge in [0.2, 0.25) is 0 Å². The molecule has 4 heteroatoms. The van der Waals surface area contributed by atoms with Crippen LogP contribution in [0.1, 0.15) is 12.0 Å². The Morgan fingerprint density at radius 2 is 2.50 bits per heavy atom. The zero-order valence-corrected chi connectivity index (χ0v) is 10.8. The van der Waals surface area contributed by atoms with Crippen LogP contribution in [-0.4, -0.2) is 36.6 Å². The van der Waals surface area contributed by atoms with Crippen LogP contribution in [0.4, 0.5) is 5.82 Å². The first-order valence-electron chi connectivity index (χ1n) is 5.71. The van der Waals surface area contributed by atoms with E-state index in [2.05, 4.69) is 34.4 Å². The third-order valence-corrected chi connectivity index (χ3v) is 4.15. The summed E-state index contributed by atoms with van der Waals surface area (Å²) in [5, 5.41) is 3.17. The van der Waals surface area contributed by atoms with E-state index in [1.807, 2.05) is 25.0 Å².